The Labute approximate surface area is 143 Å². The number of pyridine rings is 2. The summed E-state index contributed by atoms with van der Waals surface area (Å²) in [6, 6.07) is 4.08. The molecule has 3 rings (SSSR count). The first-order valence-electron chi connectivity index (χ1n) is 8.73. The number of rotatable bonds is 4. The van der Waals surface area contributed by atoms with E-state index in [2.05, 4.69) is 16.0 Å². The van der Waals surface area contributed by atoms with E-state index >= 15 is 0 Å². The summed E-state index contributed by atoms with van der Waals surface area (Å²) < 4.78 is 0. The Kier molecular flexibility index (Phi) is 5.41. The molecule has 3 heterocycles. The maximum atomic E-state index is 12.3. The van der Waals surface area contributed by atoms with Gasteiger partial charge in [0.05, 0.1) is 12.1 Å². The molecule has 0 spiro atoms. The molecule has 0 saturated carbocycles. The van der Waals surface area contributed by atoms with Gasteiger partial charge >= 0.3 is 0 Å². The van der Waals surface area contributed by atoms with Gasteiger partial charge in [-0.05, 0) is 63.4 Å². The van der Waals surface area contributed by atoms with Crippen molar-refractivity contribution < 1.29 is 4.79 Å². The summed E-state index contributed by atoms with van der Waals surface area (Å²) in [5, 5.41) is 1.16. The molecule has 24 heavy (non-hydrogen) atoms. The average Bonchev–Trinajstić information content (AvgIpc) is 2.80. The molecule has 1 aliphatic heterocycles. The first kappa shape index (κ1) is 16.8. The average molecular weight is 326 g/mol. The Balaban J connectivity index is 1.65. The number of nitrogens with zero attached hydrogens (tertiary/aromatic N) is 4. The predicted molar refractivity (Wildman–Crippen MR) is 95.7 cm³/mol. The minimum atomic E-state index is 0.249. The molecule has 1 fully saturated rings. The van der Waals surface area contributed by atoms with Crippen LogP contribution >= 0.6 is 0 Å². The number of carbonyl (C=O) groups is 1. The molecule has 5 heteroatoms. The van der Waals surface area contributed by atoms with E-state index in [1.807, 2.05) is 42.4 Å². The zero-order valence-corrected chi connectivity index (χ0v) is 14.6. The fraction of sp³-hybridized carbons (Fsp3) is 0.526. The second-order valence-electron chi connectivity index (χ2n) is 6.98. The largest absolute Gasteiger partial charge is 0.342 e. The highest BCUT2D eigenvalue weighted by atomic mass is 16.2. The van der Waals surface area contributed by atoms with Crippen molar-refractivity contribution >= 4 is 16.8 Å². The molecule has 1 saturated heterocycles. The van der Waals surface area contributed by atoms with Crippen LogP contribution in [0.3, 0.4) is 0 Å². The van der Waals surface area contributed by atoms with Crippen LogP contribution in [0.5, 0.6) is 0 Å². The zero-order valence-electron chi connectivity index (χ0n) is 14.6. The van der Waals surface area contributed by atoms with Crippen LogP contribution in [-0.4, -0.2) is 59.4 Å². The van der Waals surface area contributed by atoms with E-state index in [0.29, 0.717) is 12.5 Å². The standard InChI is InChI=1S/C19H26N4O/c1-22(2)14-19(24)23-10-3-4-15(7-11-23)12-16-5-9-21-18-6-8-20-13-17(16)18/h5-6,8-9,13,15H,3-4,7,10-12,14H2,1-2H3/t15-/m0/s1. The summed E-state index contributed by atoms with van der Waals surface area (Å²) in [6.45, 7) is 2.27. The molecule has 2 aromatic heterocycles. The molecule has 1 aliphatic rings. The highest BCUT2D eigenvalue weighted by Crippen LogP contribution is 2.25. The van der Waals surface area contributed by atoms with Crippen molar-refractivity contribution in [2.75, 3.05) is 33.7 Å². The number of aromatic nitrogens is 2. The highest BCUT2D eigenvalue weighted by molar-refractivity contribution is 5.80. The Morgan fingerprint density at radius 1 is 1.25 bits per heavy atom. The fourth-order valence-corrected chi connectivity index (χ4v) is 3.52. The maximum Gasteiger partial charge on any atom is 0.236 e. The third-order valence-electron chi connectivity index (χ3n) is 4.79. The maximum absolute atomic E-state index is 12.3. The molecule has 5 nitrogen and oxygen atoms in total. The molecule has 1 amide bonds. The van der Waals surface area contributed by atoms with E-state index in [4.69, 9.17) is 0 Å². The van der Waals surface area contributed by atoms with Crippen molar-refractivity contribution in [1.29, 1.82) is 0 Å². The Morgan fingerprint density at radius 3 is 2.96 bits per heavy atom. The van der Waals surface area contributed by atoms with Crippen LogP contribution in [-0.2, 0) is 11.2 Å². The molecule has 0 radical (unpaired) electrons. The lowest BCUT2D eigenvalue weighted by Crippen LogP contribution is -2.38. The monoisotopic (exact) mass is 326 g/mol. The van der Waals surface area contributed by atoms with E-state index in [9.17, 15) is 4.79 Å². The Bertz CT molecular complexity index is 695. The highest BCUT2D eigenvalue weighted by Gasteiger charge is 2.21. The molecule has 0 bridgehead atoms. The number of carbonyl (C=O) groups excluding carboxylic acids is 1. The topological polar surface area (TPSA) is 49.3 Å². The number of hydrogen-bond acceptors (Lipinski definition) is 4. The summed E-state index contributed by atoms with van der Waals surface area (Å²) >= 11 is 0. The van der Waals surface area contributed by atoms with Crippen molar-refractivity contribution in [3.8, 4) is 0 Å². The number of amides is 1. The van der Waals surface area contributed by atoms with Gasteiger partial charge in [0.15, 0.2) is 0 Å². The lowest BCUT2D eigenvalue weighted by molar-refractivity contribution is -0.131. The lowest BCUT2D eigenvalue weighted by atomic mass is 9.92. The minimum Gasteiger partial charge on any atom is -0.342 e. The van der Waals surface area contributed by atoms with Crippen molar-refractivity contribution in [3.63, 3.8) is 0 Å². The lowest BCUT2D eigenvalue weighted by Gasteiger charge is -2.22. The molecule has 0 unspecified atom stereocenters. The first-order chi connectivity index (χ1) is 11.6. The second-order valence-corrected chi connectivity index (χ2v) is 6.98. The van der Waals surface area contributed by atoms with Gasteiger partial charge in [-0.25, -0.2) is 0 Å². The van der Waals surface area contributed by atoms with Gasteiger partial charge in [0, 0.05) is 37.1 Å². The van der Waals surface area contributed by atoms with Crippen LogP contribution in [0.25, 0.3) is 10.9 Å². The molecule has 1 atom stereocenters. The molecular formula is C19H26N4O. The van der Waals surface area contributed by atoms with Gasteiger partial charge in [-0.1, -0.05) is 0 Å². The van der Waals surface area contributed by atoms with Gasteiger partial charge in [-0.2, -0.15) is 0 Å². The zero-order chi connectivity index (χ0) is 16.9. The van der Waals surface area contributed by atoms with Crippen LogP contribution in [0.4, 0.5) is 0 Å². The molecular weight excluding hydrogens is 300 g/mol. The van der Waals surface area contributed by atoms with E-state index < -0.39 is 0 Å². The fourth-order valence-electron chi connectivity index (χ4n) is 3.52. The van der Waals surface area contributed by atoms with Gasteiger partial charge in [-0.3, -0.25) is 14.8 Å². The van der Waals surface area contributed by atoms with Crippen LogP contribution in [0.15, 0.2) is 30.7 Å². The number of likely N-dealkylation sites (N-methyl/N-ethyl adjacent to an activating group) is 1. The van der Waals surface area contributed by atoms with Crippen LogP contribution < -0.4 is 0 Å². The smallest absolute Gasteiger partial charge is 0.236 e. The number of hydrogen-bond donors (Lipinski definition) is 0. The Morgan fingerprint density at radius 2 is 2.12 bits per heavy atom. The molecule has 0 aromatic carbocycles. The summed E-state index contributed by atoms with van der Waals surface area (Å²) in [4.78, 5) is 24.9. The van der Waals surface area contributed by atoms with E-state index in [-0.39, 0.29) is 5.91 Å². The van der Waals surface area contributed by atoms with E-state index in [1.54, 1.807) is 6.20 Å². The molecule has 0 N–H and O–H groups in total. The third kappa shape index (κ3) is 4.09. The van der Waals surface area contributed by atoms with Gasteiger partial charge in [-0.15, -0.1) is 0 Å². The summed E-state index contributed by atoms with van der Waals surface area (Å²) in [7, 11) is 3.89. The SMILES string of the molecule is CN(C)CC(=O)N1CCC[C@H](Cc2ccnc3ccncc23)CC1. The van der Waals surface area contributed by atoms with Crippen LogP contribution in [0.2, 0.25) is 0 Å². The van der Waals surface area contributed by atoms with Crippen LogP contribution in [0.1, 0.15) is 24.8 Å². The predicted octanol–water partition coefficient (Wildman–Crippen LogP) is 2.36. The molecule has 2 aromatic rings. The summed E-state index contributed by atoms with van der Waals surface area (Å²) in [5.74, 6) is 0.868. The van der Waals surface area contributed by atoms with Gasteiger partial charge < -0.3 is 9.80 Å². The van der Waals surface area contributed by atoms with Gasteiger partial charge in [0.1, 0.15) is 0 Å². The minimum absolute atomic E-state index is 0.249. The summed E-state index contributed by atoms with van der Waals surface area (Å²) in [5.41, 5.74) is 2.34. The van der Waals surface area contributed by atoms with E-state index in [0.717, 1.165) is 43.3 Å². The van der Waals surface area contributed by atoms with Crippen molar-refractivity contribution in [2.24, 2.45) is 5.92 Å². The second kappa shape index (κ2) is 7.71. The van der Waals surface area contributed by atoms with Crippen molar-refractivity contribution in [2.45, 2.75) is 25.7 Å². The quantitative estimate of drug-likeness (QED) is 0.865. The Hall–Kier alpha value is -2.01. The normalized spacial score (nSPS) is 18.8. The summed E-state index contributed by atoms with van der Waals surface area (Å²) in [6.07, 6.45) is 9.98. The van der Waals surface area contributed by atoms with Crippen LogP contribution in [0, 0.1) is 5.92 Å². The first-order valence-corrected chi connectivity index (χ1v) is 8.73. The van der Waals surface area contributed by atoms with E-state index in [1.165, 1.54) is 12.0 Å². The molecule has 0 aliphatic carbocycles. The number of fused-ring (bicyclic) bond motifs is 1. The van der Waals surface area contributed by atoms with Crippen molar-refractivity contribution in [1.82, 2.24) is 19.8 Å². The van der Waals surface area contributed by atoms with Gasteiger partial charge in [0.2, 0.25) is 5.91 Å². The molecule has 128 valence electrons. The number of likely N-dealkylation sites (tertiary alicyclic amines) is 1. The third-order valence-corrected chi connectivity index (χ3v) is 4.79. The van der Waals surface area contributed by atoms with Crippen molar-refractivity contribution in [3.05, 3.63) is 36.3 Å². The van der Waals surface area contributed by atoms with Gasteiger partial charge in [0.25, 0.3) is 0 Å².